The van der Waals surface area contributed by atoms with E-state index in [1.165, 1.54) is 6.33 Å². The van der Waals surface area contributed by atoms with Gasteiger partial charge in [0.2, 0.25) is 0 Å². The molecule has 1 aromatic heterocycles. The molecule has 2 aromatic rings. The third-order valence-corrected chi connectivity index (χ3v) is 4.23. The predicted octanol–water partition coefficient (Wildman–Crippen LogP) is 1.64. The zero-order valence-corrected chi connectivity index (χ0v) is 12.6. The van der Waals surface area contributed by atoms with Crippen LogP contribution in [0, 0.1) is 5.92 Å². The van der Waals surface area contributed by atoms with Crippen LogP contribution in [-0.4, -0.2) is 37.8 Å². The van der Waals surface area contributed by atoms with Gasteiger partial charge in [0.05, 0.1) is 17.2 Å². The normalized spacial score (nSPS) is 20.9. The lowest BCUT2D eigenvalue weighted by atomic mass is 9.86. The summed E-state index contributed by atoms with van der Waals surface area (Å²) in [6, 6.07) is 7.21. The third-order valence-electron chi connectivity index (χ3n) is 4.23. The van der Waals surface area contributed by atoms with E-state index in [0.717, 1.165) is 0 Å². The minimum atomic E-state index is -0.744. The van der Waals surface area contributed by atoms with Crippen molar-refractivity contribution in [2.75, 3.05) is 0 Å². The minimum Gasteiger partial charge on any atom is -0.481 e. The molecule has 0 saturated heterocycles. The lowest BCUT2D eigenvalue weighted by molar-refractivity contribution is -0.142. The molecule has 1 aliphatic carbocycles. The number of aromatic nitrogens is 3. The first-order chi connectivity index (χ1) is 11.1. The standard InChI is InChI=1S/C16H18N4O3/c21-15(19-12-7-5-11(6-8-12)16(22)23)13-3-1-2-4-14(13)20-10-17-9-18-20/h1-4,9-12H,5-8H2,(H,19,21)(H,22,23). The van der Waals surface area contributed by atoms with Crippen molar-refractivity contribution in [3.8, 4) is 5.69 Å². The van der Waals surface area contributed by atoms with Crippen LogP contribution in [0.25, 0.3) is 5.69 Å². The van der Waals surface area contributed by atoms with Gasteiger partial charge in [-0.25, -0.2) is 9.67 Å². The summed E-state index contributed by atoms with van der Waals surface area (Å²) >= 11 is 0. The minimum absolute atomic E-state index is 0.0157. The number of hydrogen-bond acceptors (Lipinski definition) is 4. The Morgan fingerprint density at radius 1 is 1.17 bits per heavy atom. The van der Waals surface area contributed by atoms with Crippen LogP contribution in [0.4, 0.5) is 0 Å². The highest BCUT2D eigenvalue weighted by molar-refractivity contribution is 5.97. The number of carbonyl (C=O) groups is 2. The lowest BCUT2D eigenvalue weighted by Crippen LogP contribution is -2.39. The highest BCUT2D eigenvalue weighted by atomic mass is 16.4. The number of carboxylic acids is 1. The van der Waals surface area contributed by atoms with Gasteiger partial charge in [0.15, 0.2) is 0 Å². The fraction of sp³-hybridized carbons (Fsp3) is 0.375. The third kappa shape index (κ3) is 3.39. The maximum absolute atomic E-state index is 12.6. The molecule has 3 rings (SSSR count). The molecule has 0 aliphatic heterocycles. The quantitative estimate of drug-likeness (QED) is 0.894. The van der Waals surface area contributed by atoms with Crippen molar-refractivity contribution in [2.24, 2.45) is 5.92 Å². The molecular weight excluding hydrogens is 296 g/mol. The lowest BCUT2D eigenvalue weighted by Gasteiger charge is -2.27. The van der Waals surface area contributed by atoms with Crippen molar-refractivity contribution in [3.63, 3.8) is 0 Å². The number of hydrogen-bond donors (Lipinski definition) is 2. The van der Waals surface area contributed by atoms with E-state index in [4.69, 9.17) is 5.11 Å². The van der Waals surface area contributed by atoms with Gasteiger partial charge >= 0.3 is 5.97 Å². The number of carbonyl (C=O) groups excluding carboxylic acids is 1. The van der Waals surface area contributed by atoms with Crippen molar-refractivity contribution in [2.45, 2.75) is 31.7 Å². The van der Waals surface area contributed by atoms with Crippen LogP contribution < -0.4 is 5.32 Å². The number of para-hydroxylation sites is 1. The highest BCUT2D eigenvalue weighted by Gasteiger charge is 2.27. The largest absolute Gasteiger partial charge is 0.481 e. The molecule has 1 saturated carbocycles. The van der Waals surface area contributed by atoms with Gasteiger partial charge in [-0.3, -0.25) is 9.59 Å². The van der Waals surface area contributed by atoms with Gasteiger partial charge in [-0.2, -0.15) is 5.10 Å². The summed E-state index contributed by atoms with van der Waals surface area (Å²) < 4.78 is 1.55. The van der Waals surface area contributed by atoms with Gasteiger partial charge in [0, 0.05) is 6.04 Å². The average Bonchev–Trinajstić information content (AvgIpc) is 3.09. The summed E-state index contributed by atoms with van der Waals surface area (Å²) in [5.74, 6) is -1.20. The Hall–Kier alpha value is -2.70. The first-order valence-corrected chi connectivity index (χ1v) is 7.63. The van der Waals surface area contributed by atoms with E-state index < -0.39 is 5.97 Å². The molecule has 1 amide bonds. The highest BCUT2D eigenvalue weighted by Crippen LogP contribution is 2.25. The van der Waals surface area contributed by atoms with Crippen LogP contribution in [0.15, 0.2) is 36.9 Å². The zero-order chi connectivity index (χ0) is 16.2. The number of carboxylic acid groups (broad SMARTS) is 1. The van der Waals surface area contributed by atoms with E-state index in [0.29, 0.717) is 36.9 Å². The Kier molecular flexibility index (Phi) is 4.36. The number of nitrogens with zero attached hydrogens (tertiary/aromatic N) is 3. The predicted molar refractivity (Wildman–Crippen MR) is 82.2 cm³/mol. The van der Waals surface area contributed by atoms with E-state index in [2.05, 4.69) is 15.4 Å². The smallest absolute Gasteiger partial charge is 0.306 e. The van der Waals surface area contributed by atoms with Crippen LogP contribution in [0.5, 0.6) is 0 Å². The number of nitrogens with one attached hydrogen (secondary N) is 1. The molecule has 7 heteroatoms. The van der Waals surface area contributed by atoms with Crippen LogP contribution in [0.2, 0.25) is 0 Å². The van der Waals surface area contributed by atoms with Crippen LogP contribution >= 0.6 is 0 Å². The number of rotatable bonds is 4. The summed E-state index contributed by atoms with van der Waals surface area (Å²) in [4.78, 5) is 27.4. The Balaban J connectivity index is 1.69. The summed E-state index contributed by atoms with van der Waals surface area (Å²) in [5.41, 5.74) is 1.19. The second kappa shape index (κ2) is 6.60. The van der Waals surface area contributed by atoms with Gasteiger partial charge in [-0.05, 0) is 37.8 Å². The zero-order valence-electron chi connectivity index (χ0n) is 12.6. The number of amides is 1. The molecule has 1 aliphatic rings. The molecule has 2 N–H and O–H groups in total. The maximum atomic E-state index is 12.6. The van der Waals surface area contributed by atoms with E-state index >= 15 is 0 Å². The van der Waals surface area contributed by atoms with Gasteiger partial charge in [-0.15, -0.1) is 0 Å². The van der Waals surface area contributed by atoms with Gasteiger partial charge in [0.1, 0.15) is 12.7 Å². The van der Waals surface area contributed by atoms with Crippen molar-refractivity contribution < 1.29 is 14.7 Å². The second-order valence-corrected chi connectivity index (χ2v) is 5.72. The van der Waals surface area contributed by atoms with Crippen LogP contribution in [0.1, 0.15) is 36.0 Å². The summed E-state index contributed by atoms with van der Waals surface area (Å²) in [6.45, 7) is 0. The molecule has 1 aromatic carbocycles. The van der Waals surface area contributed by atoms with Crippen molar-refractivity contribution in [3.05, 3.63) is 42.5 Å². The monoisotopic (exact) mass is 314 g/mol. The van der Waals surface area contributed by atoms with Crippen LogP contribution in [-0.2, 0) is 4.79 Å². The first kappa shape index (κ1) is 15.2. The van der Waals surface area contributed by atoms with Crippen molar-refractivity contribution >= 4 is 11.9 Å². The van der Waals surface area contributed by atoms with Crippen molar-refractivity contribution in [1.29, 1.82) is 0 Å². The summed E-state index contributed by atoms with van der Waals surface area (Å²) in [6.07, 6.45) is 5.55. The van der Waals surface area contributed by atoms with Crippen LogP contribution in [0.3, 0.4) is 0 Å². The van der Waals surface area contributed by atoms with E-state index in [1.807, 2.05) is 12.1 Å². The molecule has 1 fully saturated rings. The summed E-state index contributed by atoms with van der Waals surface area (Å²) in [5, 5.41) is 16.1. The Labute approximate surface area is 133 Å². The second-order valence-electron chi connectivity index (χ2n) is 5.72. The van der Waals surface area contributed by atoms with E-state index in [9.17, 15) is 9.59 Å². The average molecular weight is 314 g/mol. The first-order valence-electron chi connectivity index (χ1n) is 7.63. The number of benzene rings is 1. The molecule has 0 spiro atoms. The maximum Gasteiger partial charge on any atom is 0.306 e. The Morgan fingerprint density at radius 3 is 2.57 bits per heavy atom. The molecule has 1 heterocycles. The van der Waals surface area contributed by atoms with Crippen molar-refractivity contribution in [1.82, 2.24) is 20.1 Å². The molecule has 0 bridgehead atoms. The molecule has 23 heavy (non-hydrogen) atoms. The fourth-order valence-corrected chi connectivity index (χ4v) is 2.95. The van der Waals surface area contributed by atoms with Gasteiger partial charge in [0.25, 0.3) is 5.91 Å². The molecule has 7 nitrogen and oxygen atoms in total. The Bertz CT molecular complexity index is 691. The molecule has 0 unspecified atom stereocenters. The van der Waals surface area contributed by atoms with E-state index in [1.54, 1.807) is 23.1 Å². The molecule has 0 atom stereocenters. The van der Waals surface area contributed by atoms with E-state index in [-0.39, 0.29) is 17.9 Å². The van der Waals surface area contributed by atoms with Gasteiger partial charge in [-0.1, -0.05) is 12.1 Å². The number of aliphatic carboxylic acids is 1. The molecule has 120 valence electrons. The fourth-order valence-electron chi connectivity index (χ4n) is 2.95. The Morgan fingerprint density at radius 2 is 1.91 bits per heavy atom. The van der Waals surface area contributed by atoms with Gasteiger partial charge < -0.3 is 10.4 Å². The topological polar surface area (TPSA) is 97.1 Å². The summed E-state index contributed by atoms with van der Waals surface area (Å²) in [7, 11) is 0. The molecular formula is C16H18N4O3. The SMILES string of the molecule is O=C(NC1CCC(C(=O)O)CC1)c1ccccc1-n1cncn1. The molecule has 0 radical (unpaired) electrons.